The molecule has 1 heterocycles. The SMILES string of the molecule is O=C=O.[2H]C1(c2ccc(CC)cc2)OC(N)=C(OS(=O)(=O)C([2H])([2H])c2ccccc2)C1=O. The van der Waals surface area contributed by atoms with E-state index in [1.54, 1.807) is 18.2 Å². The number of hydrogen-bond donors (Lipinski definition) is 1. The van der Waals surface area contributed by atoms with Crippen LogP contribution in [0.3, 0.4) is 0 Å². The molecule has 152 valence electrons. The number of hydrogen-bond acceptors (Lipinski definition) is 8. The fourth-order valence-electron chi connectivity index (χ4n) is 2.36. The highest BCUT2D eigenvalue weighted by atomic mass is 32.2. The van der Waals surface area contributed by atoms with Gasteiger partial charge in [0, 0.05) is 5.56 Å². The third-order valence-electron chi connectivity index (χ3n) is 3.68. The van der Waals surface area contributed by atoms with Crippen molar-refractivity contribution in [3.63, 3.8) is 0 Å². The van der Waals surface area contributed by atoms with Crippen molar-refractivity contribution in [2.75, 3.05) is 0 Å². The highest BCUT2D eigenvalue weighted by molar-refractivity contribution is 7.86. The minimum absolute atomic E-state index is 0.143. The molecule has 1 unspecified atom stereocenters. The number of nitrogens with two attached hydrogens (primary N) is 1. The van der Waals surface area contributed by atoms with Crippen molar-refractivity contribution in [1.82, 2.24) is 0 Å². The molecular formula is C20H19NO7S. The zero-order valence-electron chi connectivity index (χ0n) is 18.2. The first-order chi connectivity index (χ1) is 14.9. The summed E-state index contributed by atoms with van der Waals surface area (Å²) in [5, 5.41) is 0. The third-order valence-corrected chi connectivity index (χ3v) is 4.55. The Morgan fingerprint density at radius 3 is 2.28 bits per heavy atom. The molecule has 9 heteroatoms. The van der Waals surface area contributed by atoms with Crippen LogP contribution in [-0.4, -0.2) is 20.4 Å². The number of ether oxygens (including phenoxy) is 1. The van der Waals surface area contributed by atoms with Crippen LogP contribution in [0.4, 0.5) is 0 Å². The van der Waals surface area contributed by atoms with Gasteiger partial charge in [0.05, 0.1) is 4.11 Å². The van der Waals surface area contributed by atoms with Gasteiger partial charge < -0.3 is 14.7 Å². The van der Waals surface area contributed by atoms with Crippen molar-refractivity contribution in [2.24, 2.45) is 5.73 Å². The summed E-state index contributed by atoms with van der Waals surface area (Å²) < 4.78 is 59.4. The van der Waals surface area contributed by atoms with E-state index >= 15 is 0 Å². The maximum absolute atomic E-state index is 12.8. The highest BCUT2D eigenvalue weighted by Gasteiger charge is 2.39. The van der Waals surface area contributed by atoms with Crippen molar-refractivity contribution in [1.29, 1.82) is 0 Å². The average molecular weight is 420 g/mol. The van der Waals surface area contributed by atoms with Gasteiger partial charge >= 0.3 is 16.3 Å². The van der Waals surface area contributed by atoms with Gasteiger partial charge in [-0.15, -0.1) is 0 Å². The summed E-state index contributed by atoms with van der Waals surface area (Å²) in [6.07, 6.45) is -1.32. The van der Waals surface area contributed by atoms with Gasteiger partial charge in [-0.25, -0.2) is 0 Å². The summed E-state index contributed by atoms with van der Waals surface area (Å²) in [7, 11) is -4.99. The van der Waals surface area contributed by atoms with Crippen molar-refractivity contribution >= 4 is 22.1 Å². The second-order valence-electron chi connectivity index (χ2n) is 5.59. The van der Waals surface area contributed by atoms with E-state index in [0.717, 1.165) is 12.0 Å². The van der Waals surface area contributed by atoms with Crippen molar-refractivity contribution in [3.8, 4) is 0 Å². The van der Waals surface area contributed by atoms with Crippen LogP contribution in [0, 0.1) is 0 Å². The van der Waals surface area contributed by atoms with E-state index < -0.39 is 39.3 Å². The first-order valence-electron chi connectivity index (χ1n) is 9.76. The largest absolute Gasteiger partial charge is 0.460 e. The van der Waals surface area contributed by atoms with Crippen LogP contribution in [0.25, 0.3) is 0 Å². The predicted molar refractivity (Wildman–Crippen MR) is 101 cm³/mol. The van der Waals surface area contributed by atoms with Gasteiger partial charge in [0.15, 0.2) is 6.08 Å². The molecule has 2 N–H and O–H groups in total. The van der Waals surface area contributed by atoms with Gasteiger partial charge in [-0.1, -0.05) is 61.5 Å². The molecule has 2 aromatic rings. The number of ketones is 1. The molecule has 1 aliphatic rings. The molecular weight excluding hydrogens is 398 g/mol. The second kappa shape index (κ2) is 9.68. The molecule has 29 heavy (non-hydrogen) atoms. The minimum atomic E-state index is -4.99. The number of benzene rings is 2. The summed E-state index contributed by atoms with van der Waals surface area (Å²) in [6.45, 7) is 1.94. The monoisotopic (exact) mass is 420 g/mol. The van der Waals surface area contributed by atoms with E-state index in [4.69, 9.17) is 28.4 Å². The number of carbonyl (C=O) groups is 1. The molecule has 0 fully saturated rings. The summed E-state index contributed by atoms with van der Waals surface area (Å²) in [5.74, 6) is -2.75. The molecule has 0 bridgehead atoms. The summed E-state index contributed by atoms with van der Waals surface area (Å²) in [5.41, 5.74) is 3.60. The highest BCUT2D eigenvalue weighted by Crippen LogP contribution is 2.32. The molecule has 8 nitrogen and oxygen atoms in total. The maximum Gasteiger partial charge on any atom is 0.373 e. The van der Waals surface area contributed by atoms with Gasteiger partial charge in [-0.2, -0.15) is 18.0 Å². The Balaban J connectivity index is 0.00000114. The lowest BCUT2D eigenvalue weighted by Crippen LogP contribution is -2.16. The van der Waals surface area contributed by atoms with Crippen LogP contribution in [0.5, 0.6) is 0 Å². The first kappa shape index (κ1) is 17.7. The van der Waals surface area contributed by atoms with Crippen LogP contribution in [0.2, 0.25) is 0 Å². The van der Waals surface area contributed by atoms with E-state index in [2.05, 4.69) is 0 Å². The smallest absolute Gasteiger partial charge is 0.373 e. The number of carbonyl (C=O) groups excluding carboxylic acids is 3. The molecule has 0 saturated carbocycles. The standard InChI is InChI=1S/C19H19NO5S.CO2/c1-2-13-8-10-15(11-9-13)17-16(21)18(19(20)24-17)25-26(22,23)12-14-6-4-3-5-7-14;2-1-3/h3-11,17H,2,12,20H2,1H3;/i12D2,17D;. The zero-order valence-corrected chi connectivity index (χ0v) is 16.1. The maximum atomic E-state index is 12.8. The lowest BCUT2D eigenvalue weighted by molar-refractivity contribution is -0.191. The summed E-state index contributed by atoms with van der Waals surface area (Å²) >= 11 is 0. The lowest BCUT2D eigenvalue weighted by Gasteiger charge is -2.10. The van der Waals surface area contributed by atoms with E-state index in [0.29, 0.717) is 0 Å². The van der Waals surface area contributed by atoms with E-state index in [-0.39, 0.29) is 17.3 Å². The van der Waals surface area contributed by atoms with Gasteiger partial charge in [0.1, 0.15) is 5.70 Å². The normalized spacial score (nSPS) is 20.3. The number of aryl methyl sites for hydroxylation is 1. The molecule has 0 amide bonds. The Bertz CT molecular complexity index is 1160. The third kappa shape index (κ3) is 5.78. The van der Waals surface area contributed by atoms with Crippen molar-refractivity contribution in [2.45, 2.75) is 25.1 Å². The Morgan fingerprint density at radius 1 is 1.14 bits per heavy atom. The van der Waals surface area contributed by atoms with Gasteiger partial charge in [0.2, 0.25) is 17.4 Å². The molecule has 1 atom stereocenters. The van der Waals surface area contributed by atoms with E-state index in [9.17, 15) is 13.2 Å². The fourth-order valence-corrected chi connectivity index (χ4v) is 3.20. The van der Waals surface area contributed by atoms with Crippen LogP contribution >= 0.6 is 0 Å². The fraction of sp³-hybridized carbons (Fsp3) is 0.200. The summed E-state index contributed by atoms with van der Waals surface area (Å²) in [6, 6.07) is 13.5. The van der Waals surface area contributed by atoms with Crippen LogP contribution < -0.4 is 5.73 Å². The van der Waals surface area contributed by atoms with Crippen LogP contribution in [-0.2, 0) is 45.5 Å². The van der Waals surface area contributed by atoms with Crippen molar-refractivity contribution < 1.29 is 35.8 Å². The molecule has 3 rings (SSSR count). The molecule has 0 saturated heterocycles. The van der Waals surface area contributed by atoms with Gasteiger partial charge in [-0.05, 0) is 17.5 Å². The Kier molecular flexibility index (Phi) is 5.89. The molecule has 1 aliphatic heterocycles. The topological polar surface area (TPSA) is 130 Å². The molecule has 0 radical (unpaired) electrons. The summed E-state index contributed by atoms with van der Waals surface area (Å²) in [4.78, 5) is 29.0. The zero-order chi connectivity index (χ0) is 24.2. The van der Waals surface area contributed by atoms with Crippen molar-refractivity contribution in [3.05, 3.63) is 82.9 Å². The Hall–Kier alpha value is -3.42. The second-order valence-corrected chi connectivity index (χ2v) is 6.87. The molecule has 0 spiro atoms. The predicted octanol–water partition coefficient (Wildman–Crippen LogP) is 1.98. The van der Waals surface area contributed by atoms with Gasteiger partial charge in [-0.3, -0.25) is 4.79 Å². The van der Waals surface area contributed by atoms with Crippen LogP contribution in [0.15, 0.2) is 66.2 Å². The van der Waals surface area contributed by atoms with E-state index in [1.807, 2.05) is 6.92 Å². The van der Waals surface area contributed by atoms with E-state index in [1.165, 1.54) is 36.4 Å². The molecule has 2 aromatic carbocycles. The number of Topliss-reactive ketones (excluding diaryl/α,β-unsaturated/α-hetero) is 1. The Labute approximate surface area is 172 Å². The molecule has 0 aromatic heterocycles. The lowest BCUT2D eigenvalue weighted by atomic mass is 10.0. The van der Waals surface area contributed by atoms with Crippen LogP contribution in [0.1, 0.15) is 33.8 Å². The minimum Gasteiger partial charge on any atom is -0.460 e. The quantitative estimate of drug-likeness (QED) is 0.702. The van der Waals surface area contributed by atoms with Gasteiger partial charge in [0.25, 0.3) is 0 Å². The molecule has 0 aliphatic carbocycles. The average Bonchev–Trinajstić information content (AvgIpc) is 2.98. The Morgan fingerprint density at radius 2 is 1.72 bits per heavy atom. The number of rotatable bonds is 6. The first-order valence-corrected chi connectivity index (χ1v) is 9.67.